The van der Waals surface area contributed by atoms with Crippen molar-refractivity contribution in [3.63, 3.8) is 0 Å². The number of nitrogens with zero attached hydrogens (tertiary/aromatic N) is 2. The summed E-state index contributed by atoms with van der Waals surface area (Å²) in [5.74, 6) is 0.244. The predicted molar refractivity (Wildman–Crippen MR) is 81.2 cm³/mol. The van der Waals surface area contributed by atoms with Crippen LogP contribution in [0.25, 0.3) is 0 Å². The van der Waals surface area contributed by atoms with Crippen LogP contribution >= 0.6 is 27.5 Å². The van der Waals surface area contributed by atoms with Crippen molar-refractivity contribution in [3.8, 4) is 0 Å². The standard InChI is InChI=1S/C13H15BrClN3O2/c14-11-7-9(15)1-2-10(11)13(19)18-5-3-8(4-6-18)12(16)17-20/h1-2,7-8,20H,3-6H2,(H2,16,17). The van der Waals surface area contributed by atoms with E-state index in [0.29, 0.717) is 41.0 Å². The highest BCUT2D eigenvalue weighted by atomic mass is 79.9. The van der Waals surface area contributed by atoms with Crippen LogP contribution in [0.2, 0.25) is 5.02 Å². The van der Waals surface area contributed by atoms with Crippen LogP contribution < -0.4 is 5.73 Å². The number of rotatable bonds is 2. The minimum absolute atomic E-state index is 0.0356. The SMILES string of the molecule is N/C(=N/O)C1CCN(C(=O)c2ccc(Cl)cc2Br)CC1. The number of nitrogens with two attached hydrogens (primary N) is 1. The van der Waals surface area contributed by atoms with E-state index in [-0.39, 0.29) is 17.7 Å². The molecule has 108 valence electrons. The summed E-state index contributed by atoms with van der Waals surface area (Å²) in [6.45, 7) is 1.18. The number of hydrogen-bond acceptors (Lipinski definition) is 3. The number of likely N-dealkylation sites (tertiary alicyclic amines) is 1. The second kappa shape index (κ2) is 6.45. The summed E-state index contributed by atoms with van der Waals surface area (Å²) in [7, 11) is 0. The molecule has 1 heterocycles. The molecular weight excluding hydrogens is 346 g/mol. The molecule has 1 aromatic carbocycles. The third-order valence-corrected chi connectivity index (χ3v) is 4.37. The quantitative estimate of drug-likeness (QED) is 0.368. The van der Waals surface area contributed by atoms with Gasteiger partial charge in [-0.05, 0) is 47.0 Å². The van der Waals surface area contributed by atoms with E-state index in [0.717, 1.165) is 0 Å². The number of benzene rings is 1. The maximum absolute atomic E-state index is 12.4. The van der Waals surface area contributed by atoms with E-state index in [1.807, 2.05) is 0 Å². The molecule has 5 nitrogen and oxygen atoms in total. The van der Waals surface area contributed by atoms with Crippen molar-refractivity contribution in [2.24, 2.45) is 16.8 Å². The van der Waals surface area contributed by atoms with Gasteiger partial charge in [0.05, 0.1) is 5.56 Å². The Hall–Kier alpha value is -1.27. The van der Waals surface area contributed by atoms with Crippen LogP contribution in [-0.2, 0) is 0 Å². The Morgan fingerprint density at radius 3 is 2.65 bits per heavy atom. The second-order valence-electron chi connectivity index (χ2n) is 4.72. The molecule has 0 aromatic heterocycles. The van der Waals surface area contributed by atoms with Gasteiger partial charge in [-0.3, -0.25) is 4.79 Å². The topological polar surface area (TPSA) is 78.9 Å². The molecule has 7 heteroatoms. The monoisotopic (exact) mass is 359 g/mol. The number of carbonyl (C=O) groups excluding carboxylic acids is 1. The Morgan fingerprint density at radius 1 is 1.45 bits per heavy atom. The molecule has 1 aromatic rings. The number of halogens is 2. The molecule has 20 heavy (non-hydrogen) atoms. The smallest absolute Gasteiger partial charge is 0.254 e. The van der Waals surface area contributed by atoms with Crippen molar-refractivity contribution in [2.75, 3.05) is 13.1 Å². The van der Waals surface area contributed by atoms with E-state index in [1.165, 1.54) is 0 Å². The lowest BCUT2D eigenvalue weighted by molar-refractivity contribution is 0.0708. The van der Waals surface area contributed by atoms with E-state index in [2.05, 4.69) is 21.1 Å². The van der Waals surface area contributed by atoms with E-state index in [4.69, 9.17) is 22.5 Å². The molecule has 1 amide bonds. The van der Waals surface area contributed by atoms with Crippen LogP contribution in [0.1, 0.15) is 23.2 Å². The van der Waals surface area contributed by atoms with Gasteiger partial charge in [-0.25, -0.2) is 0 Å². The van der Waals surface area contributed by atoms with Gasteiger partial charge in [0.1, 0.15) is 5.84 Å². The zero-order valence-corrected chi connectivity index (χ0v) is 13.1. The molecule has 1 aliphatic heterocycles. The summed E-state index contributed by atoms with van der Waals surface area (Å²) in [6, 6.07) is 5.12. The van der Waals surface area contributed by atoms with Crippen LogP contribution in [0.4, 0.5) is 0 Å². The van der Waals surface area contributed by atoms with E-state index >= 15 is 0 Å². The molecule has 1 saturated heterocycles. The summed E-state index contributed by atoms with van der Waals surface area (Å²) in [6.07, 6.45) is 1.40. The molecule has 2 rings (SSSR count). The van der Waals surface area contributed by atoms with Crippen LogP contribution in [0.5, 0.6) is 0 Å². The fraction of sp³-hybridized carbons (Fsp3) is 0.385. The zero-order valence-electron chi connectivity index (χ0n) is 10.7. The van der Waals surface area contributed by atoms with Gasteiger partial charge in [0.15, 0.2) is 0 Å². The molecule has 1 aliphatic rings. The third kappa shape index (κ3) is 3.24. The Balaban J connectivity index is 2.05. The molecule has 1 fully saturated rings. The largest absolute Gasteiger partial charge is 0.409 e. The first-order valence-electron chi connectivity index (χ1n) is 6.24. The highest BCUT2D eigenvalue weighted by Gasteiger charge is 2.26. The van der Waals surface area contributed by atoms with Crippen LogP contribution in [-0.4, -0.2) is 34.9 Å². The fourth-order valence-corrected chi connectivity index (χ4v) is 3.15. The summed E-state index contributed by atoms with van der Waals surface area (Å²) >= 11 is 9.23. The predicted octanol–water partition coefficient (Wildman–Crippen LogP) is 2.70. The van der Waals surface area contributed by atoms with Crippen molar-refractivity contribution in [2.45, 2.75) is 12.8 Å². The molecule has 0 bridgehead atoms. The van der Waals surface area contributed by atoms with Gasteiger partial charge in [0.2, 0.25) is 0 Å². The molecular formula is C13H15BrClN3O2. The van der Waals surface area contributed by atoms with E-state index in [1.54, 1.807) is 23.1 Å². The summed E-state index contributed by atoms with van der Waals surface area (Å²) < 4.78 is 0.688. The van der Waals surface area contributed by atoms with Gasteiger partial charge in [-0.2, -0.15) is 0 Å². The first kappa shape index (κ1) is 15.1. The van der Waals surface area contributed by atoms with Crippen LogP contribution in [0.15, 0.2) is 27.8 Å². The van der Waals surface area contributed by atoms with Crippen molar-refractivity contribution < 1.29 is 10.0 Å². The number of oxime groups is 1. The Morgan fingerprint density at radius 2 is 2.10 bits per heavy atom. The van der Waals surface area contributed by atoms with Crippen LogP contribution in [0.3, 0.4) is 0 Å². The van der Waals surface area contributed by atoms with Crippen LogP contribution in [0, 0.1) is 5.92 Å². The average molecular weight is 361 g/mol. The summed E-state index contributed by atoms with van der Waals surface area (Å²) in [5, 5.41) is 12.3. The van der Waals surface area contributed by atoms with Gasteiger partial charge >= 0.3 is 0 Å². The zero-order chi connectivity index (χ0) is 14.7. The van der Waals surface area contributed by atoms with Gasteiger partial charge in [0.25, 0.3) is 5.91 Å². The Labute approximate surface area is 130 Å². The molecule has 0 radical (unpaired) electrons. The summed E-state index contributed by atoms with van der Waals surface area (Å²) in [4.78, 5) is 14.2. The lowest BCUT2D eigenvalue weighted by Crippen LogP contribution is -2.41. The summed E-state index contributed by atoms with van der Waals surface area (Å²) in [5.41, 5.74) is 6.19. The van der Waals surface area contributed by atoms with Gasteiger partial charge < -0.3 is 15.8 Å². The lowest BCUT2D eigenvalue weighted by Gasteiger charge is -2.31. The fourth-order valence-electron chi connectivity index (χ4n) is 2.29. The third-order valence-electron chi connectivity index (χ3n) is 3.48. The number of amidine groups is 1. The second-order valence-corrected chi connectivity index (χ2v) is 6.01. The van der Waals surface area contributed by atoms with E-state index < -0.39 is 0 Å². The lowest BCUT2D eigenvalue weighted by atomic mass is 9.95. The van der Waals surface area contributed by atoms with Gasteiger partial charge in [-0.15, -0.1) is 0 Å². The first-order valence-corrected chi connectivity index (χ1v) is 7.41. The molecule has 0 spiro atoms. The molecule has 0 saturated carbocycles. The molecule has 0 aliphatic carbocycles. The maximum Gasteiger partial charge on any atom is 0.254 e. The first-order chi connectivity index (χ1) is 9.52. The number of carbonyl (C=O) groups is 1. The minimum atomic E-state index is -0.0356. The number of hydrogen-bond donors (Lipinski definition) is 2. The maximum atomic E-state index is 12.4. The average Bonchev–Trinajstić information content (AvgIpc) is 2.46. The van der Waals surface area contributed by atoms with Crippen molar-refractivity contribution in [3.05, 3.63) is 33.3 Å². The van der Waals surface area contributed by atoms with Gasteiger partial charge in [-0.1, -0.05) is 16.8 Å². The van der Waals surface area contributed by atoms with E-state index in [9.17, 15) is 4.79 Å². The normalized spacial score (nSPS) is 17.3. The van der Waals surface area contributed by atoms with Gasteiger partial charge in [0, 0.05) is 28.5 Å². The minimum Gasteiger partial charge on any atom is -0.409 e. The molecule has 0 atom stereocenters. The molecule has 0 unspecified atom stereocenters. The molecule has 3 N–H and O–H groups in total. The number of piperidine rings is 1. The van der Waals surface area contributed by atoms with Crippen molar-refractivity contribution >= 4 is 39.3 Å². The Bertz CT molecular complexity index is 542. The van der Waals surface area contributed by atoms with Crippen molar-refractivity contribution in [1.29, 1.82) is 0 Å². The number of amides is 1. The highest BCUT2D eigenvalue weighted by Crippen LogP contribution is 2.25. The Kier molecular flexibility index (Phi) is 4.88. The van der Waals surface area contributed by atoms with Crippen molar-refractivity contribution in [1.82, 2.24) is 4.90 Å². The highest BCUT2D eigenvalue weighted by molar-refractivity contribution is 9.10.